The molecule has 0 spiro atoms. The summed E-state index contributed by atoms with van der Waals surface area (Å²) in [5, 5.41) is 2.35. The van der Waals surface area contributed by atoms with Crippen LogP contribution < -0.4 is 5.32 Å². The molecule has 58 valence electrons. The lowest BCUT2D eigenvalue weighted by Crippen LogP contribution is -2.27. The summed E-state index contributed by atoms with van der Waals surface area (Å²) in [5.41, 5.74) is 0. The van der Waals surface area contributed by atoms with E-state index in [1.54, 1.807) is 0 Å². The predicted octanol–water partition coefficient (Wildman–Crippen LogP) is -0.447. The zero-order valence-corrected chi connectivity index (χ0v) is 6.48. The third-order valence-corrected chi connectivity index (χ3v) is 0.841. The molecular formula is C5H9NO3S. The number of hydrogen-bond acceptors (Lipinski definition) is 4. The van der Waals surface area contributed by atoms with Crippen molar-refractivity contribution in [1.29, 1.82) is 0 Å². The van der Waals surface area contributed by atoms with Crippen molar-refractivity contribution in [1.82, 2.24) is 5.32 Å². The van der Waals surface area contributed by atoms with Gasteiger partial charge in [-0.3, -0.25) is 9.59 Å². The highest BCUT2D eigenvalue weighted by Crippen LogP contribution is 1.76. The average Bonchev–Trinajstić information content (AvgIpc) is 1.85. The summed E-state index contributed by atoms with van der Waals surface area (Å²) >= 11 is 3.73. The van der Waals surface area contributed by atoms with Gasteiger partial charge in [0, 0.05) is 6.92 Å². The Morgan fingerprint density at radius 2 is 2.20 bits per heavy atom. The minimum absolute atomic E-state index is 0.226. The van der Waals surface area contributed by atoms with E-state index < -0.39 is 5.97 Å². The lowest BCUT2D eigenvalue weighted by atomic mass is 10.6. The van der Waals surface area contributed by atoms with E-state index in [0.29, 0.717) is 0 Å². The van der Waals surface area contributed by atoms with Gasteiger partial charge in [0.25, 0.3) is 5.91 Å². The van der Waals surface area contributed by atoms with E-state index in [1.165, 1.54) is 6.92 Å². The molecule has 0 aliphatic carbocycles. The van der Waals surface area contributed by atoms with Crippen molar-refractivity contribution >= 4 is 24.5 Å². The Bertz CT molecular complexity index is 137. The van der Waals surface area contributed by atoms with Gasteiger partial charge in [-0.25, -0.2) is 0 Å². The molecule has 10 heavy (non-hydrogen) atoms. The van der Waals surface area contributed by atoms with Crippen LogP contribution >= 0.6 is 12.6 Å². The van der Waals surface area contributed by atoms with Gasteiger partial charge in [-0.2, -0.15) is 12.6 Å². The molecule has 1 amide bonds. The highest BCUT2D eigenvalue weighted by molar-refractivity contribution is 7.80. The number of esters is 1. The van der Waals surface area contributed by atoms with Crippen LogP contribution in [0.25, 0.3) is 0 Å². The Hall–Kier alpha value is -0.710. The fraction of sp³-hybridized carbons (Fsp3) is 0.600. The van der Waals surface area contributed by atoms with Gasteiger partial charge < -0.3 is 10.1 Å². The summed E-state index contributed by atoms with van der Waals surface area (Å²) in [7, 11) is 0. The van der Waals surface area contributed by atoms with Crippen molar-refractivity contribution in [3.05, 3.63) is 0 Å². The molecule has 0 unspecified atom stereocenters. The van der Waals surface area contributed by atoms with Crippen LogP contribution in [0.3, 0.4) is 0 Å². The van der Waals surface area contributed by atoms with E-state index in [-0.39, 0.29) is 18.4 Å². The number of nitrogens with one attached hydrogen (secondary N) is 1. The highest BCUT2D eigenvalue weighted by atomic mass is 32.1. The van der Waals surface area contributed by atoms with Crippen LogP contribution in [0, 0.1) is 0 Å². The van der Waals surface area contributed by atoms with E-state index in [9.17, 15) is 9.59 Å². The molecular weight excluding hydrogens is 154 g/mol. The van der Waals surface area contributed by atoms with Gasteiger partial charge in [0.1, 0.15) is 0 Å². The van der Waals surface area contributed by atoms with Gasteiger partial charge >= 0.3 is 5.97 Å². The van der Waals surface area contributed by atoms with E-state index in [0.717, 1.165) is 0 Å². The summed E-state index contributed by atoms with van der Waals surface area (Å²) in [6, 6.07) is 0. The second-order valence-corrected chi connectivity index (χ2v) is 1.85. The van der Waals surface area contributed by atoms with Crippen molar-refractivity contribution < 1.29 is 14.3 Å². The fourth-order valence-electron chi connectivity index (χ4n) is 0.306. The zero-order chi connectivity index (χ0) is 7.98. The van der Waals surface area contributed by atoms with Gasteiger partial charge in [0.15, 0.2) is 6.61 Å². The first-order chi connectivity index (χ1) is 4.66. The van der Waals surface area contributed by atoms with Gasteiger partial charge in [0.2, 0.25) is 0 Å². The number of carbonyl (C=O) groups is 2. The second kappa shape index (κ2) is 5.10. The highest BCUT2D eigenvalue weighted by Gasteiger charge is 2.00. The summed E-state index contributed by atoms with van der Waals surface area (Å²) < 4.78 is 4.37. The first-order valence-corrected chi connectivity index (χ1v) is 3.31. The van der Waals surface area contributed by atoms with Crippen LogP contribution in [-0.2, 0) is 14.3 Å². The number of amides is 1. The quantitative estimate of drug-likeness (QED) is 0.337. The zero-order valence-electron chi connectivity index (χ0n) is 5.59. The maximum Gasteiger partial charge on any atom is 0.303 e. The van der Waals surface area contributed by atoms with Crippen LogP contribution in [0.5, 0.6) is 0 Å². The molecule has 0 fully saturated rings. The molecule has 4 nitrogen and oxygen atoms in total. The molecule has 0 aromatic carbocycles. The van der Waals surface area contributed by atoms with Gasteiger partial charge in [-0.05, 0) is 0 Å². The molecule has 0 aromatic heterocycles. The third kappa shape index (κ3) is 5.43. The molecule has 0 aromatic rings. The number of thiol groups is 1. The molecule has 0 aliphatic heterocycles. The predicted molar refractivity (Wildman–Crippen MR) is 38.6 cm³/mol. The first kappa shape index (κ1) is 9.29. The lowest BCUT2D eigenvalue weighted by Gasteiger charge is -2.00. The smallest absolute Gasteiger partial charge is 0.303 e. The second-order valence-electron chi connectivity index (χ2n) is 1.54. The number of carbonyl (C=O) groups excluding carboxylic acids is 2. The lowest BCUT2D eigenvalue weighted by molar-refractivity contribution is -0.146. The summed E-state index contributed by atoms with van der Waals surface area (Å²) in [6.45, 7) is 1.02. The first-order valence-electron chi connectivity index (χ1n) is 2.67. The minimum atomic E-state index is -0.464. The third-order valence-electron chi connectivity index (χ3n) is 0.683. The SMILES string of the molecule is CC(=O)OCC(=O)NCS. The Labute approximate surface area is 64.3 Å². The van der Waals surface area contributed by atoms with Crippen molar-refractivity contribution in [2.75, 3.05) is 12.5 Å². The van der Waals surface area contributed by atoms with Crippen molar-refractivity contribution in [3.8, 4) is 0 Å². The molecule has 1 N–H and O–H groups in total. The Balaban J connectivity index is 3.30. The Morgan fingerprint density at radius 1 is 1.60 bits per heavy atom. The summed E-state index contributed by atoms with van der Waals surface area (Å²) in [5.74, 6) is -0.556. The molecule has 0 heterocycles. The van der Waals surface area contributed by atoms with E-state index in [4.69, 9.17) is 0 Å². The van der Waals surface area contributed by atoms with E-state index in [2.05, 4.69) is 22.7 Å². The molecule has 0 radical (unpaired) electrons. The summed E-state index contributed by atoms with van der Waals surface area (Å²) in [4.78, 5) is 20.6. The largest absolute Gasteiger partial charge is 0.456 e. The number of ether oxygens (including phenoxy) is 1. The van der Waals surface area contributed by atoms with Gasteiger partial charge in [-0.15, -0.1) is 0 Å². The maximum atomic E-state index is 10.5. The molecule has 0 atom stereocenters. The minimum Gasteiger partial charge on any atom is -0.456 e. The maximum absolute atomic E-state index is 10.5. The van der Waals surface area contributed by atoms with Crippen molar-refractivity contribution in [2.24, 2.45) is 0 Å². The van der Waals surface area contributed by atoms with Crippen LogP contribution in [0.15, 0.2) is 0 Å². The van der Waals surface area contributed by atoms with Gasteiger partial charge in [0.05, 0.1) is 5.88 Å². The van der Waals surface area contributed by atoms with E-state index >= 15 is 0 Å². The van der Waals surface area contributed by atoms with Crippen LogP contribution in [0.2, 0.25) is 0 Å². The van der Waals surface area contributed by atoms with Gasteiger partial charge in [-0.1, -0.05) is 0 Å². The number of hydrogen-bond donors (Lipinski definition) is 2. The van der Waals surface area contributed by atoms with Crippen LogP contribution in [0.1, 0.15) is 6.92 Å². The Kier molecular flexibility index (Phi) is 4.74. The van der Waals surface area contributed by atoms with E-state index in [1.807, 2.05) is 0 Å². The fourth-order valence-corrected chi connectivity index (χ4v) is 0.483. The molecule has 0 saturated carbocycles. The number of rotatable bonds is 3. The molecule has 0 bridgehead atoms. The Morgan fingerprint density at radius 3 is 2.60 bits per heavy atom. The topological polar surface area (TPSA) is 55.4 Å². The average molecular weight is 163 g/mol. The molecule has 0 aliphatic rings. The molecule has 5 heteroatoms. The van der Waals surface area contributed by atoms with Crippen molar-refractivity contribution in [3.63, 3.8) is 0 Å². The van der Waals surface area contributed by atoms with Crippen molar-refractivity contribution in [2.45, 2.75) is 6.92 Å². The standard InChI is InChI=1S/C5H9NO3S/c1-4(7)9-2-5(8)6-3-10/h10H,2-3H2,1H3,(H,6,8). The van der Waals surface area contributed by atoms with Crippen LogP contribution in [-0.4, -0.2) is 24.4 Å². The molecule has 0 rings (SSSR count). The summed E-state index contributed by atoms with van der Waals surface area (Å²) in [6.07, 6.45) is 0. The monoisotopic (exact) mass is 163 g/mol. The normalized spacial score (nSPS) is 8.60. The van der Waals surface area contributed by atoms with Crippen LogP contribution in [0.4, 0.5) is 0 Å². The molecule has 0 saturated heterocycles.